The molecule has 0 bridgehead atoms. The fourth-order valence-electron chi connectivity index (χ4n) is 8.50. The Hall–Kier alpha value is -6.52. The standard InChI is InChI=1S/C49H66BF2N7O12/c1-34(60)13-23-43(48(66)67)57-49(68)56-42(47(64)65)10-6-7-25-54-46(63)33-70-30-29-69-28-27-55-45(62)12-5-3-2-4-9-39(61)32-71-40-21-15-35(16-22-40)14-17-36-18-19-37-31-38-20-24-44(41-11-8-26-53-41)59(38)50(51,52)58(36)37/h8,11,14-17,20-22,24,26,31,36-37,42-43,53H,2-7,9-10,12-13,18-19,23,25,27-30,32-33H2,1H3,(H,54,63)(H,55,62)(H,64,65)(H,66,67)(H2,56,57,68)/b17-14-/t36?,37?,42-,43-/m0/s1. The highest BCUT2D eigenvalue weighted by atomic mass is 19.2. The lowest BCUT2D eigenvalue weighted by Crippen LogP contribution is -2.62. The van der Waals surface area contributed by atoms with Gasteiger partial charge < -0.3 is 73.4 Å². The summed E-state index contributed by atoms with van der Waals surface area (Å²) in [6, 6.07) is 6.41. The number of allylic oxidation sites excluding steroid dienone is 2. The Bertz CT molecular complexity index is 2270. The van der Waals surface area contributed by atoms with E-state index in [1.165, 1.54) is 16.2 Å². The zero-order valence-corrected chi connectivity index (χ0v) is 40.1. The summed E-state index contributed by atoms with van der Waals surface area (Å²) >= 11 is 0. The van der Waals surface area contributed by atoms with Crippen LogP contribution in [0.4, 0.5) is 13.4 Å². The Balaban J connectivity index is 0.820. The second-order valence-corrected chi connectivity index (χ2v) is 17.7. The molecule has 1 saturated heterocycles. The van der Waals surface area contributed by atoms with Crippen LogP contribution in [0.5, 0.6) is 5.75 Å². The van der Waals surface area contributed by atoms with Gasteiger partial charge in [-0.1, -0.05) is 37.1 Å². The van der Waals surface area contributed by atoms with Gasteiger partial charge >= 0.3 is 24.9 Å². The van der Waals surface area contributed by atoms with Crippen LogP contribution in [0.15, 0.2) is 72.6 Å². The van der Waals surface area contributed by atoms with Crippen LogP contribution in [0.3, 0.4) is 0 Å². The summed E-state index contributed by atoms with van der Waals surface area (Å²) in [4.78, 5) is 87.3. The number of carbonyl (C=O) groups excluding carboxylic acids is 5. The molecule has 0 aliphatic carbocycles. The van der Waals surface area contributed by atoms with Crippen molar-refractivity contribution in [3.63, 3.8) is 0 Å². The van der Waals surface area contributed by atoms with Gasteiger partial charge in [0.05, 0.1) is 19.8 Å². The van der Waals surface area contributed by atoms with Gasteiger partial charge in [-0.3, -0.25) is 14.4 Å². The number of fused-ring (bicyclic) bond motifs is 2. The molecule has 0 spiro atoms. The van der Waals surface area contributed by atoms with E-state index in [0.29, 0.717) is 80.8 Å². The van der Waals surface area contributed by atoms with Crippen molar-refractivity contribution in [3.05, 3.63) is 83.9 Å². The van der Waals surface area contributed by atoms with Crippen LogP contribution in [0.2, 0.25) is 0 Å². The molecule has 5 rings (SSSR count). The highest BCUT2D eigenvalue weighted by molar-refractivity contribution is 6.56. The maximum atomic E-state index is 16.2. The fraction of sp³-hybridized carbons (Fsp3) is 0.510. The lowest BCUT2D eigenvalue weighted by molar-refractivity contribution is -0.377. The predicted octanol–water partition coefficient (Wildman–Crippen LogP) is 4.50. The number of aromatic nitrogens is 1. The number of urea groups is 1. The monoisotopic (exact) mass is 993 g/mol. The number of hydrogen-bond acceptors (Lipinski definition) is 11. The molecule has 4 atom stereocenters. The summed E-state index contributed by atoms with van der Waals surface area (Å²) in [5, 5.41) is 28.5. The Labute approximate surface area is 411 Å². The molecule has 7 N–H and O–H groups in total. The molecule has 1 aromatic heterocycles. The van der Waals surface area contributed by atoms with Crippen molar-refractivity contribution >= 4 is 60.1 Å². The number of Topliss-reactive ketones (excluding diaryl/α,β-unsaturated/α-hetero) is 2. The average Bonchev–Trinajstić information content (AvgIpc) is 4.12. The second-order valence-electron chi connectivity index (χ2n) is 17.7. The number of ketones is 2. The largest absolute Gasteiger partial charge is 0.704 e. The number of unbranched alkanes of at least 4 members (excludes halogenated alkanes) is 4. The van der Waals surface area contributed by atoms with Crippen molar-refractivity contribution in [1.29, 1.82) is 0 Å². The first kappa shape index (κ1) is 55.4. The maximum absolute atomic E-state index is 16.2. The van der Waals surface area contributed by atoms with Gasteiger partial charge in [0.15, 0.2) is 17.2 Å². The van der Waals surface area contributed by atoms with E-state index in [1.54, 1.807) is 42.6 Å². The number of carboxylic acids is 2. The van der Waals surface area contributed by atoms with E-state index in [-0.39, 0.29) is 88.3 Å². The second kappa shape index (κ2) is 28.4. The zero-order chi connectivity index (χ0) is 51.2. The molecular formula is C49H66BF2N7O12. The number of nitrogens with zero attached hydrogens (tertiary/aromatic N) is 2. The number of aliphatic carboxylic acids is 2. The minimum atomic E-state index is -4.03. The number of nitrogens with one attached hydrogen (secondary N) is 5. The molecule has 19 nitrogen and oxygen atoms in total. The van der Waals surface area contributed by atoms with Crippen LogP contribution in [0.25, 0.3) is 6.08 Å². The molecule has 4 heterocycles. The van der Waals surface area contributed by atoms with Crippen LogP contribution in [0, 0.1) is 0 Å². The molecule has 1 aromatic carbocycles. The molecule has 0 saturated carbocycles. The van der Waals surface area contributed by atoms with Gasteiger partial charge in [0, 0.05) is 62.8 Å². The first-order valence-corrected chi connectivity index (χ1v) is 24.3. The van der Waals surface area contributed by atoms with Gasteiger partial charge in [0.25, 0.3) is 0 Å². The number of carbonyl (C=O) groups is 7. The van der Waals surface area contributed by atoms with E-state index in [0.717, 1.165) is 18.4 Å². The smallest absolute Gasteiger partial charge is 0.486 e. The molecule has 3 aliphatic heterocycles. The van der Waals surface area contributed by atoms with Gasteiger partial charge in [-0.05, 0) is 94.2 Å². The van der Waals surface area contributed by atoms with Gasteiger partial charge in [0.1, 0.15) is 42.5 Å². The van der Waals surface area contributed by atoms with E-state index in [1.807, 2.05) is 30.4 Å². The Morgan fingerprint density at radius 1 is 0.803 bits per heavy atom. The highest BCUT2D eigenvalue weighted by Crippen LogP contribution is 2.40. The summed E-state index contributed by atoms with van der Waals surface area (Å²) < 4.78 is 49.9. The minimum Gasteiger partial charge on any atom is -0.486 e. The Kier molecular flexibility index (Phi) is 22.1. The lowest BCUT2D eigenvalue weighted by Gasteiger charge is -2.41. The van der Waals surface area contributed by atoms with E-state index >= 15 is 8.63 Å². The van der Waals surface area contributed by atoms with Gasteiger partial charge in [-0.15, -0.1) is 0 Å². The molecule has 1 fully saturated rings. The summed E-state index contributed by atoms with van der Waals surface area (Å²) in [7, 11) is 0. The first-order valence-electron chi connectivity index (χ1n) is 24.3. The summed E-state index contributed by atoms with van der Waals surface area (Å²) in [6.07, 6.45) is 16.4. The number of ether oxygens (including phenoxy) is 3. The van der Waals surface area contributed by atoms with Crippen LogP contribution >= 0.6 is 0 Å². The van der Waals surface area contributed by atoms with Crippen molar-refractivity contribution in [2.45, 2.75) is 115 Å². The number of carboxylic acid groups (broad SMARTS) is 2. The minimum absolute atomic E-state index is 0.0274. The molecule has 386 valence electrons. The number of rotatable bonds is 33. The quantitative estimate of drug-likeness (QED) is 0.0385. The third-order valence-corrected chi connectivity index (χ3v) is 12.2. The highest BCUT2D eigenvalue weighted by Gasteiger charge is 2.59. The normalized spacial score (nSPS) is 17.8. The third kappa shape index (κ3) is 18.0. The number of halogens is 2. The van der Waals surface area contributed by atoms with Crippen molar-refractivity contribution < 1.29 is 71.1 Å². The van der Waals surface area contributed by atoms with E-state index in [9.17, 15) is 43.8 Å². The van der Waals surface area contributed by atoms with Gasteiger partial charge in [-0.2, -0.15) is 0 Å². The molecule has 3 aliphatic rings. The van der Waals surface area contributed by atoms with Crippen molar-refractivity contribution in [2.24, 2.45) is 0 Å². The molecule has 71 heavy (non-hydrogen) atoms. The summed E-state index contributed by atoms with van der Waals surface area (Å²) in [6.45, 7) is -1.84. The zero-order valence-electron chi connectivity index (χ0n) is 40.1. The predicted molar refractivity (Wildman–Crippen MR) is 259 cm³/mol. The van der Waals surface area contributed by atoms with Crippen LogP contribution < -0.4 is 26.0 Å². The SMILES string of the molecule is CC(=O)CC[C@H](NC(=O)N[C@@H](CCCCNC(=O)COCCOCCNC(=O)CCCCCCC(=O)COc1ccc(/C=C\C2CCC3C=C4C=CC(c5ccc[nH]5)=[N+]4[B-](F)(F)N32)cc1)C(=O)O)C(=O)O. The number of aromatic amines is 1. The lowest BCUT2D eigenvalue weighted by atomic mass is 9.85. The molecule has 2 unspecified atom stereocenters. The number of benzene rings is 1. The van der Waals surface area contributed by atoms with Crippen molar-refractivity contribution in [3.8, 4) is 5.75 Å². The molecule has 2 aromatic rings. The van der Waals surface area contributed by atoms with Gasteiger partial charge in [0.2, 0.25) is 11.8 Å². The van der Waals surface area contributed by atoms with Gasteiger partial charge in [-0.25, -0.2) is 14.4 Å². The Morgan fingerprint density at radius 2 is 1.51 bits per heavy atom. The first-order chi connectivity index (χ1) is 34.1. The van der Waals surface area contributed by atoms with Crippen LogP contribution in [-0.4, -0.2) is 149 Å². The Morgan fingerprint density at radius 3 is 2.21 bits per heavy atom. The van der Waals surface area contributed by atoms with E-state index in [4.69, 9.17) is 14.2 Å². The van der Waals surface area contributed by atoms with Crippen molar-refractivity contribution in [2.75, 3.05) is 46.1 Å². The van der Waals surface area contributed by atoms with Crippen LogP contribution in [-0.2, 0) is 38.2 Å². The number of hydrogen-bond donors (Lipinski definition) is 7. The number of H-pyrrole nitrogens is 1. The molecule has 22 heteroatoms. The molecule has 0 radical (unpaired) electrons. The topological polar surface area (TPSA) is 258 Å². The third-order valence-electron chi connectivity index (χ3n) is 12.2. The number of amides is 4. The average molecular weight is 994 g/mol. The fourth-order valence-corrected chi connectivity index (χ4v) is 8.50. The van der Waals surface area contributed by atoms with Crippen molar-refractivity contribution in [1.82, 2.24) is 31.1 Å². The van der Waals surface area contributed by atoms with E-state index < -0.39 is 43.1 Å². The molecule has 4 amide bonds. The van der Waals surface area contributed by atoms with E-state index in [2.05, 4.69) is 26.3 Å². The maximum Gasteiger partial charge on any atom is 0.704 e. The summed E-state index contributed by atoms with van der Waals surface area (Å²) in [5.41, 5.74) is 2.49. The molecular weight excluding hydrogens is 927 g/mol. The summed E-state index contributed by atoms with van der Waals surface area (Å²) in [5.74, 6) is -2.87. The van der Waals surface area contributed by atoms with Crippen LogP contribution in [0.1, 0.15) is 102 Å².